The lowest BCUT2D eigenvalue weighted by molar-refractivity contribution is -0.120. The van der Waals surface area contributed by atoms with Gasteiger partial charge in [-0.25, -0.2) is 0 Å². The van der Waals surface area contributed by atoms with Crippen molar-refractivity contribution in [3.05, 3.63) is 53.8 Å². The van der Waals surface area contributed by atoms with E-state index < -0.39 is 0 Å². The lowest BCUT2D eigenvalue weighted by Crippen LogP contribution is -2.23. The fourth-order valence-corrected chi connectivity index (χ4v) is 2.38. The molecule has 0 fully saturated rings. The summed E-state index contributed by atoms with van der Waals surface area (Å²) in [6.45, 7) is 2.04. The zero-order valence-corrected chi connectivity index (χ0v) is 12.1. The van der Waals surface area contributed by atoms with Crippen LogP contribution < -0.4 is 10.1 Å². The molecule has 1 N–H and O–H groups in total. The van der Waals surface area contributed by atoms with Crippen LogP contribution in [0.3, 0.4) is 0 Å². The third-order valence-corrected chi connectivity index (χ3v) is 3.44. The van der Waals surface area contributed by atoms with Crippen molar-refractivity contribution in [2.45, 2.75) is 32.1 Å². The second-order valence-electron chi connectivity index (χ2n) is 5.03. The molecule has 0 radical (unpaired) electrons. The minimum Gasteiger partial charge on any atom is -0.496 e. The second kappa shape index (κ2) is 6.94. The summed E-state index contributed by atoms with van der Waals surface area (Å²) in [6, 6.07) is 7.85. The first-order valence-corrected chi connectivity index (χ1v) is 7.00. The van der Waals surface area contributed by atoms with Gasteiger partial charge in [-0.2, -0.15) is 0 Å². The Morgan fingerprint density at radius 1 is 1.35 bits per heavy atom. The molecule has 20 heavy (non-hydrogen) atoms. The van der Waals surface area contributed by atoms with E-state index in [0.717, 1.165) is 29.9 Å². The minimum atomic E-state index is 0.0428. The number of hydrogen-bond acceptors (Lipinski definition) is 2. The van der Waals surface area contributed by atoms with Crippen LogP contribution in [-0.4, -0.2) is 13.0 Å². The average Bonchev–Trinajstić information content (AvgIpc) is 2.48. The van der Waals surface area contributed by atoms with Crippen LogP contribution in [0.1, 0.15) is 37.7 Å². The summed E-state index contributed by atoms with van der Waals surface area (Å²) in [6.07, 6.45) is 8.61. The number of methoxy groups -OCH3 is 1. The Hall–Kier alpha value is -2.03. The fourth-order valence-electron chi connectivity index (χ4n) is 2.38. The van der Waals surface area contributed by atoms with E-state index >= 15 is 0 Å². The van der Waals surface area contributed by atoms with E-state index in [-0.39, 0.29) is 11.8 Å². The molecule has 0 spiro atoms. The molecule has 0 bridgehead atoms. The number of para-hydroxylation sites is 1. The topological polar surface area (TPSA) is 38.3 Å². The number of amides is 1. The quantitative estimate of drug-likeness (QED) is 0.889. The summed E-state index contributed by atoms with van der Waals surface area (Å²) >= 11 is 0. The van der Waals surface area contributed by atoms with Gasteiger partial charge in [-0.1, -0.05) is 37.3 Å². The average molecular weight is 271 g/mol. The van der Waals surface area contributed by atoms with Crippen LogP contribution in [0.15, 0.2) is 48.2 Å². The number of rotatable bonds is 5. The molecule has 0 saturated carbocycles. The Kier molecular flexibility index (Phi) is 4.99. The lowest BCUT2D eigenvalue weighted by atomic mass is 9.96. The second-order valence-corrected chi connectivity index (χ2v) is 5.03. The zero-order valence-electron chi connectivity index (χ0n) is 12.1. The predicted octanol–water partition coefficient (Wildman–Crippen LogP) is 3.54. The third kappa shape index (κ3) is 3.73. The zero-order chi connectivity index (χ0) is 14.4. The minimum absolute atomic E-state index is 0.0428. The van der Waals surface area contributed by atoms with E-state index in [2.05, 4.69) is 17.5 Å². The van der Waals surface area contributed by atoms with Gasteiger partial charge in [0.2, 0.25) is 5.91 Å². The van der Waals surface area contributed by atoms with Crippen LogP contribution >= 0.6 is 0 Å². The highest BCUT2D eigenvalue weighted by Gasteiger charge is 2.15. The van der Waals surface area contributed by atoms with E-state index in [1.807, 2.05) is 37.3 Å². The fraction of sp³-hybridized carbons (Fsp3) is 0.353. The van der Waals surface area contributed by atoms with Gasteiger partial charge < -0.3 is 10.1 Å². The Bertz CT molecular complexity index is 532. The van der Waals surface area contributed by atoms with Gasteiger partial charge in [0.15, 0.2) is 0 Å². The molecule has 0 heterocycles. The first-order valence-electron chi connectivity index (χ1n) is 7.00. The number of ether oxygens (including phenoxy) is 1. The van der Waals surface area contributed by atoms with Gasteiger partial charge in [0.25, 0.3) is 0 Å². The Labute approximate surface area is 120 Å². The third-order valence-electron chi connectivity index (χ3n) is 3.44. The van der Waals surface area contributed by atoms with Crippen LogP contribution in [0.5, 0.6) is 5.75 Å². The van der Waals surface area contributed by atoms with E-state index in [0.29, 0.717) is 6.42 Å². The van der Waals surface area contributed by atoms with Crippen LogP contribution in [-0.2, 0) is 4.79 Å². The molecule has 1 aromatic carbocycles. The standard InChI is InChI=1S/C17H21NO2/c1-13(15-10-6-7-11-16(15)20-2)12-17(19)18-14-8-4-3-5-9-14/h4,6-11,13H,3,5,12H2,1-2H3,(H,18,19). The van der Waals surface area contributed by atoms with Gasteiger partial charge in [0, 0.05) is 12.1 Å². The number of benzene rings is 1. The van der Waals surface area contributed by atoms with Crippen LogP contribution in [0.4, 0.5) is 0 Å². The molecule has 0 aromatic heterocycles. The summed E-state index contributed by atoms with van der Waals surface area (Å²) in [5, 5.41) is 2.95. The normalized spacial score (nSPS) is 15.4. The first kappa shape index (κ1) is 14.4. The van der Waals surface area contributed by atoms with Crippen molar-refractivity contribution in [3.8, 4) is 5.75 Å². The SMILES string of the molecule is COc1ccccc1C(C)CC(=O)NC1=CCCC=C1. The summed E-state index contributed by atoms with van der Waals surface area (Å²) < 4.78 is 5.34. The molecule has 1 amide bonds. The maximum Gasteiger partial charge on any atom is 0.224 e. The number of hydrogen-bond donors (Lipinski definition) is 1. The maximum absolute atomic E-state index is 12.1. The molecular formula is C17H21NO2. The Morgan fingerprint density at radius 2 is 2.15 bits per heavy atom. The van der Waals surface area contributed by atoms with Gasteiger partial charge >= 0.3 is 0 Å². The molecule has 1 aromatic rings. The number of carbonyl (C=O) groups excluding carboxylic acids is 1. The molecule has 3 nitrogen and oxygen atoms in total. The van der Waals surface area contributed by atoms with Gasteiger partial charge in [0.1, 0.15) is 5.75 Å². The summed E-state index contributed by atoms with van der Waals surface area (Å²) in [7, 11) is 1.66. The molecule has 0 aliphatic heterocycles. The predicted molar refractivity (Wildman–Crippen MR) is 80.6 cm³/mol. The molecule has 2 rings (SSSR count). The van der Waals surface area contributed by atoms with Gasteiger partial charge in [-0.15, -0.1) is 0 Å². The molecule has 1 unspecified atom stereocenters. The molecule has 1 atom stereocenters. The van der Waals surface area contributed by atoms with E-state index in [4.69, 9.17) is 4.74 Å². The molecule has 1 aliphatic rings. The highest BCUT2D eigenvalue weighted by Crippen LogP contribution is 2.28. The van der Waals surface area contributed by atoms with Crippen molar-refractivity contribution in [1.29, 1.82) is 0 Å². The van der Waals surface area contributed by atoms with Crippen LogP contribution in [0, 0.1) is 0 Å². The number of allylic oxidation sites excluding steroid dienone is 3. The van der Waals surface area contributed by atoms with Gasteiger partial charge in [0.05, 0.1) is 7.11 Å². The smallest absolute Gasteiger partial charge is 0.224 e. The highest BCUT2D eigenvalue weighted by atomic mass is 16.5. The van der Waals surface area contributed by atoms with Crippen molar-refractivity contribution in [3.63, 3.8) is 0 Å². The molecule has 106 valence electrons. The van der Waals surface area contributed by atoms with Crippen molar-refractivity contribution < 1.29 is 9.53 Å². The van der Waals surface area contributed by atoms with Crippen molar-refractivity contribution >= 4 is 5.91 Å². The van der Waals surface area contributed by atoms with E-state index in [1.54, 1.807) is 7.11 Å². The Balaban J connectivity index is 1.96. The number of nitrogens with one attached hydrogen (secondary N) is 1. The highest BCUT2D eigenvalue weighted by molar-refractivity contribution is 5.79. The maximum atomic E-state index is 12.1. The Morgan fingerprint density at radius 3 is 2.85 bits per heavy atom. The van der Waals surface area contributed by atoms with Crippen LogP contribution in [0.25, 0.3) is 0 Å². The monoisotopic (exact) mass is 271 g/mol. The molecular weight excluding hydrogens is 250 g/mol. The molecule has 1 aliphatic carbocycles. The van der Waals surface area contributed by atoms with Crippen LogP contribution in [0.2, 0.25) is 0 Å². The van der Waals surface area contributed by atoms with Gasteiger partial charge in [-0.05, 0) is 36.5 Å². The summed E-state index contributed by atoms with van der Waals surface area (Å²) in [5.41, 5.74) is 1.98. The van der Waals surface area contributed by atoms with Crippen molar-refractivity contribution in [1.82, 2.24) is 5.32 Å². The van der Waals surface area contributed by atoms with E-state index in [9.17, 15) is 4.79 Å². The lowest BCUT2D eigenvalue weighted by Gasteiger charge is -2.16. The summed E-state index contributed by atoms with van der Waals surface area (Å²) in [4.78, 5) is 12.1. The molecule has 3 heteroatoms. The largest absolute Gasteiger partial charge is 0.496 e. The summed E-state index contributed by atoms with van der Waals surface area (Å²) in [5.74, 6) is 1.00. The number of carbonyl (C=O) groups is 1. The van der Waals surface area contributed by atoms with E-state index in [1.165, 1.54) is 0 Å². The van der Waals surface area contributed by atoms with Crippen molar-refractivity contribution in [2.75, 3.05) is 7.11 Å². The first-order chi connectivity index (χ1) is 9.70. The molecule has 0 saturated heterocycles. The van der Waals surface area contributed by atoms with Crippen molar-refractivity contribution in [2.24, 2.45) is 0 Å². The van der Waals surface area contributed by atoms with Gasteiger partial charge in [-0.3, -0.25) is 4.79 Å².